The predicted octanol–water partition coefficient (Wildman–Crippen LogP) is 4.49. The van der Waals surface area contributed by atoms with Gasteiger partial charge in [0.25, 0.3) is 0 Å². The molecular formula is C17H32N4. The lowest BCUT2D eigenvalue weighted by Gasteiger charge is -2.18. The second kappa shape index (κ2) is 10.4. The lowest BCUT2D eigenvalue weighted by molar-refractivity contribution is 0.472. The Morgan fingerprint density at radius 2 is 1.71 bits per heavy atom. The predicted molar refractivity (Wildman–Crippen MR) is 92.0 cm³/mol. The van der Waals surface area contributed by atoms with E-state index >= 15 is 0 Å². The van der Waals surface area contributed by atoms with Gasteiger partial charge in [0, 0.05) is 18.7 Å². The minimum absolute atomic E-state index is 0.733. The van der Waals surface area contributed by atoms with Crippen molar-refractivity contribution in [2.45, 2.75) is 66.2 Å². The Hall–Kier alpha value is -1.32. The first-order valence-electron chi connectivity index (χ1n) is 8.58. The normalized spacial score (nSPS) is 12.2. The molecule has 0 saturated heterocycles. The van der Waals surface area contributed by atoms with Crippen LogP contribution in [0.2, 0.25) is 0 Å². The third kappa shape index (κ3) is 5.90. The number of rotatable bonds is 11. The molecule has 0 bridgehead atoms. The van der Waals surface area contributed by atoms with Gasteiger partial charge in [-0.25, -0.2) is 9.97 Å². The van der Waals surface area contributed by atoms with Crippen molar-refractivity contribution in [3.8, 4) is 0 Å². The Kier molecular flexibility index (Phi) is 8.79. The topological polar surface area (TPSA) is 49.8 Å². The summed E-state index contributed by atoms with van der Waals surface area (Å²) < 4.78 is 0. The van der Waals surface area contributed by atoms with Gasteiger partial charge in [-0.05, 0) is 25.7 Å². The van der Waals surface area contributed by atoms with E-state index < -0.39 is 0 Å². The summed E-state index contributed by atoms with van der Waals surface area (Å²) >= 11 is 0. The van der Waals surface area contributed by atoms with Gasteiger partial charge in [-0.3, -0.25) is 0 Å². The Morgan fingerprint density at radius 3 is 2.29 bits per heavy atom. The van der Waals surface area contributed by atoms with Crippen molar-refractivity contribution < 1.29 is 0 Å². The number of hydrogen-bond donors (Lipinski definition) is 2. The first-order valence-corrected chi connectivity index (χ1v) is 8.58. The summed E-state index contributed by atoms with van der Waals surface area (Å²) in [5.41, 5.74) is 1.23. The number of anilines is 2. The molecule has 4 nitrogen and oxygen atoms in total. The summed E-state index contributed by atoms with van der Waals surface area (Å²) in [5.74, 6) is 2.73. The standard InChI is InChI=1S/C17H32N4/c1-5-9-11-14(7-3)12-19-17-15(10-6-2)16(18-8-4)20-13-21-17/h13-14H,5-12H2,1-4H3,(H2,18,19,20,21). The number of hydrogen-bond acceptors (Lipinski definition) is 4. The fourth-order valence-electron chi connectivity index (χ4n) is 2.56. The molecule has 1 rings (SSSR count). The van der Waals surface area contributed by atoms with E-state index in [0.29, 0.717) is 0 Å². The molecule has 21 heavy (non-hydrogen) atoms. The average Bonchev–Trinajstić information content (AvgIpc) is 2.50. The van der Waals surface area contributed by atoms with E-state index in [0.717, 1.165) is 43.5 Å². The first-order chi connectivity index (χ1) is 10.3. The molecule has 0 amide bonds. The Bertz CT molecular complexity index is 392. The quantitative estimate of drug-likeness (QED) is 0.631. The van der Waals surface area contributed by atoms with Gasteiger partial charge in [0.2, 0.25) is 0 Å². The van der Waals surface area contributed by atoms with Gasteiger partial charge < -0.3 is 10.6 Å². The molecule has 0 aliphatic carbocycles. The van der Waals surface area contributed by atoms with E-state index in [-0.39, 0.29) is 0 Å². The lowest BCUT2D eigenvalue weighted by atomic mass is 9.99. The van der Waals surface area contributed by atoms with Crippen molar-refractivity contribution in [2.75, 3.05) is 23.7 Å². The Balaban J connectivity index is 2.74. The fraction of sp³-hybridized carbons (Fsp3) is 0.765. The molecule has 1 heterocycles. The van der Waals surface area contributed by atoms with Crippen LogP contribution in [0.4, 0.5) is 11.6 Å². The zero-order valence-electron chi connectivity index (χ0n) is 14.2. The molecule has 0 aliphatic heterocycles. The highest BCUT2D eigenvalue weighted by atomic mass is 15.1. The van der Waals surface area contributed by atoms with Crippen LogP contribution in [0.5, 0.6) is 0 Å². The molecule has 1 aromatic heterocycles. The van der Waals surface area contributed by atoms with Crippen LogP contribution in [0.15, 0.2) is 6.33 Å². The van der Waals surface area contributed by atoms with Crippen LogP contribution in [-0.4, -0.2) is 23.1 Å². The maximum absolute atomic E-state index is 4.46. The SMILES string of the molecule is CCCCC(CC)CNc1ncnc(NCC)c1CCC. The molecular weight excluding hydrogens is 260 g/mol. The average molecular weight is 292 g/mol. The highest BCUT2D eigenvalue weighted by Crippen LogP contribution is 2.22. The van der Waals surface area contributed by atoms with Gasteiger partial charge >= 0.3 is 0 Å². The van der Waals surface area contributed by atoms with Crippen LogP contribution in [-0.2, 0) is 6.42 Å². The van der Waals surface area contributed by atoms with Crippen LogP contribution < -0.4 is 10.6 Å². The maximum atomic E-state index is 4.46. The largest absolute Gasteiger partial charge is 0.370 e. The van der Waals surface area contributed by atoms with E-state index in [9.17, 15) is 0 Å². The van der Waals surface area contributed by atoms with Crippen LogP contribution in [0, 0.1) is 5.92 Å². The molecule has 0 spiro atoms. The van der Waals surface area contributed by atoms with Gasteiger partial charge in [-0.15, -0.1) is 0 Å². The van der Waals surface area contributed by atoms with Crippen LogP contribution in [0.25, 0.3) is 0 Å². The summed E-state index contributed by atoms with van der Waals surface area (Å²) in [6.07, 6.45) is 8.89. The van der Waals surface area contributed by atoms with Crippen LogP contribution in [0.3, 0.4) is 0 Å². The third-order valence-corrected chi connectivity index (χ3v) is 3.89. The molecule has 0 aromatic carbocycles. The van der Waals surface area contributed by atoms with E-state index in [1.165, 1.54) is 31.2 Å². The van der Waals surface area contributed by atoms with Crippen molar-refractivity contribution in [3.05, 3.63) is 11.9 Å². The van der Waals surface area contributed by atoms with Crippen LogP contribution in [0.1, 0.15) is 65.4 Å². The van der Waals surface area contributed by atoms with Crippen molar-refractivity contribution in [1.82, 2.24) is 9.97 Å². The summed E-state index contributed by atoms with van der Waals surface area (Å²) in [6.45, 7) is 10.7. The van der Waals surface area contributed by atoms with Gasteiger partial charge in [0.15, 0.2) is 0 Å². The highest BCUT2D eigenvalue weighted by molar-refractivity contribution is 5.57. The summed E-state index contributed by atoms with van der Waals surface area (Å²) in [5, 5.41) is 6.91. The van der Waals surface area contributed by atoms with Gasteiger partial charge in [-0.2, -0.15) is 0 Å². The summed E-state index contributed by atoms with van der Waals surface area (Å²) in [7, 11) is 0. The second-order valence-corrected chi connectivity index (χ2v) is 5.63. The van der Waals surface area contributed by atoms with Crippen molar-refractivity contribution in [3.63, 3.8) is 0 Å². The smallest absolute Gasteiger partial charge is 0.134 e. The first kappa shape index (κ1) is 17.7. The van der Waals surface area contributed by atoms with E-state index in [2.05, 4.69) is 48.3 Å². The number of nitrogens with one attached hydrogen (secondary N) is 2. The number of nitrogens with zero attached hydrogens (tertiary/aromatic N) is 2. The van der Waals surface area contributed by atoms with Crippen molar-refractivity contribution in [1.29, 1.82) is 0 Å². The van der Waals surface area contributed by atoms with Gasteiger partial charge in [0.1, 0.15) is 18.0 Å². The zero-order chi connectivity index (χ0) is 15.5. The maximum Gasteiger partial charge on any atom is 0.134 e. The highest BCUT2D eigenvalue weighted by Gasteiger charge is 2.12. The molecule has 1 atom stereocenters. The monoisotopic (exact) mass is 292 g/mol. The summed E-state index contributed by atoms with van der Waals surface area (Å²) in [6, 6.07) is 0. The molecule has 0 aliphatic rings. The van der Waals surface area contributed by atoms with E-state index in [1.54, 1.807) is 6.33 Å². The van der Waals surface area contributed by atoms with Crippen molar-refractivity contribution in [2.24, 2.45) is 5.92 Å². The Morgan fingerprint density at radius 1 is 1.00 bits per heavy atom. The minimum Gasteiger partial charge on any atom is -0.370 e. The fourth-order valence-corrected chi connectivity index (χ4v) is 2.56. The number of aromatic nitrogens is 2. The third-order valence-electron chi connectivity index (χ3n) is 3.89. The number of unbranched alkanes of at least 4 members (excludes halogenated alkanes) is 1. The second-order valence-electron chi connectivity index (χ2n) is 5.63. The molecule has 120 valence electrons. The Labute approximate surface area is 130 Å². The van der Waals surface area contributed by atoms with Crippen LogP contribution >= 0.6 is 0 Å². The van der Waals surface area contributed by atoms with Gasteiger partial charge in [0.05, 0.1) is 0 Å². The van der Waals surface area contributed by atoms with Crippen molar-refractivity contribution >= 4 is 11.6 Å². The lowest BCUT2D eigenvalue weighted by Crippen LogP contribution is -2.17. The molecule has 0 radical (unpaired) electrons. The van der Waals surface area contributed by atoms with Gasteiger partial charge in [-0.1, -0.05) is 46.5 Å². The molecule has 2 N–H and O–H groups in total. The van der Waals surface area contributed by atoms with E-state index in [1.807, 2.05) is 0 Å². The molecule has 0 fully saturated rings. The van der Waals surface area contributed by atoms with E-state index in [4.69, 9.17) is 0 Å². The molecule has 1 aromatic rings. The molecule has 4 heteroatoms. The molecule has 0 saturated carbocycles. The zero-order valence-corrected chi connectivity index (χ0v) is 14.2. The molecule has 1 unspecified atom stereocenters. The summed E-state index contributed by atoms with van der Waals surface area (Å²) in [4.78, 5) is 8.85. The minimum atomic E-state index is 0.733.